The zero-order valence-corrected chi connectivity index (χ0v) is 11.1. The van der Waals surface area contributed by atoms with Gasteiger partial charge in [0.05, 0.1) is 0 Å². The molecule has 0 aromatic rings. The molecular weight excluding hydrogens is 214 g/mol. The maximum absolute atomic E-state index is 11.2. The van der Waals surface area contributed by atoms with E-state index >= 15 is 0 Å². The van der Waals surface area contributed by atoms with E-state index in [1.54, 1.807) is 0 Å². The Balaban J connectivity index is 1.90. The van der Waals surface area contributed by atoms with E-state index in [4.69, 9.17) is 0 Å². The number of carbonyl (C=O) groups is 1. The van der Waals surface area contributed by atoms with E-state index in [2.05, 4.69) is 18.7 Å². The molecule has 1 N–H and O–H groups in total. The molecule has 98 valence electrons. The van der Waals surface area contributed by atoms with Crippen LogP contribution in [0.1, 0.15) is 52.4 Å². The van der Waals surface area contributed by atoms with Crippen molar-refractivity contribution in [2.45, 2.75) is 64.5 Å². The van der Waals surface area contributed by atoms with Crippen LogP contribution in [0.15, 0.2) is 0 Å². The van der Waals surface area contributed by atoms with Crippen molar-refractivity contribution in [3.05, 3.63) is 0 Å². The minimum absolute atomic E-state index is 0.199. The molecule has 1 unspecified atom stereocenters. The van der Waals surface area contributed by atoms with Gasteiger partial charge in [0.15, 0.2) is 0 Å². The predicted molar refractivity (Wildman–Crippen MR) is 67.9 cm³/mol. The van der Waals surface area contributed by atoms with Crippen LogP contribution in [0.3, 0.4) is 0 Å². The van der Waals surface area contributed by atoms with Crippen molar-refractivity contribution in [2.24, 2.45) is 11.8 Å². The van der Waals surface area contributed by atoms with Gasteiger partial charge in [-0.1, -0.05) is 13.8 Å². The highest BCUT2D eigenvalue weighted by Crippen LogP contribution is 2.34. The third kappa shape index (κ3) is 2.82. The van der Waals surface area contributed by atoms with Gasteiger partial charge in [-0.3, -0.25) is 9.69 Å². The number of aliphatic carboxylic acids is 1. The molecule has 1 saturated heterocycles. The van der Waals surface area contributed by atoms with Crippen LogP contribution in [0.25, 0.3) is 0 Å². The predicted octanol–water partition coefficient (Wildman–Crippen LogP) is 2.75. The quantitative estimate of drug-likeness (QED) is 0.823. The molecule has 1 saturated carbocycles. The summed E-state index contributed by atoms with van der Waals surface area (Å²) in [7, 11) is 0. The van der Waals surface area contributed by atoms with Crippen LogP contribution in [0.2, 0.25) is 0 Å². The van der Waals surface area contributed by atoms with Crippen LogP contribution in [-0.2, 0) is 4.79 Å². The van der Waals surface area contributed by atoms with Crippen molar-refractivity contribution in [2.75, 3.05) is 6.54 Å². The Labute approximate surface area is 104 Å². The van der Waals surface area contributed by atoms with E-state index < -0.39 is 5.97 Å². The molecule has 0 aromatic carbocycles. The fourth-order valence-electron chi connectivity index (χ4n) is 3.59. The lowest BCUT2D eigenvalue weighted by Crippen LogP contribution is -2.45. The molecule has 0 spiro atoms. The van der Waals surface area contributed by atoms with Gasteiger partial charge in [0.2, 0.25) is 0 Å². The molecule has 0 bridgehead atoms. The van der Waals surface area contributed by atoms with E-state index in [-0.39, 0.29) is 6.04 Å². The molecule has 0 amide bonds. The first-order valence-electron chi connectivity index (χ1n) is 7.08. The van der Waals surface area contributed by atoms with Crippen LogP contribution < -0.4 is 0 Å². The molecule has 3 heteroatoms. The van der Waals surface area contributed by atoms with Gasteiger partial charge in [-0.05, 0) is 56.9 Å². The van der Waals surface area contributed by atoms with Crippen LogP contribution in [0.5, 0.6) is 0 Å². The summed E-state index contributed by atoms with van der Waals surface area (Å²) in [5, 5.41) is 9.21. The molecular formula is C14H25NO2. The normalized spacial score (nSPS) is 35.4. The summed E-state index contributed by atoms with van der Waals surface area (Å²) in [6.45, 7) is 5.61. The first-order valence-corrected chi connectivity index (χ1v) is 7.08. The molecule has 2 rings (SSSR count). The second kappa shape index (κ2) is 5.38. The Morgan fingerprint density at radius 3 is 2.35 bits per heavy atom. The highest BCUT2D eigenvalue weighted by molar-refractivity contribution is 5.73. The minimum Gasteiger partial charge on any atom is -0.480 e. The lowest BCUT2D eigenvalue weighted by Gasteiger charge is -2.37. The van der Waals surface area contributed by atoms with Crippen molar-refractivity contribution in [3.8, 4) is 0 Å². The maximum Gasteiger partial charge on any atom is 0.320 e. The average Bonchev–Trinajstić information content (AvgIpc) is 2.78. The molecule has 1 aliphatic heterocycles. The standard InChI is InChI=1S/C14H25NO2/c1-10(2)11-5-7-12(8-6-11)15-9-3-4-13(15)14(16)17/h10-13H,3-9H2,1-2H3,(H,16,17). The molecule has 2 fully saturated rings. The number of carboxylic acid groups (broad SMARTS) is 1. The van der Waals surface area contributed by atoms with Crippen LogP contribution in [0, 0.1) is 11.8 Å². The monoisotopic (exact) mass is 239 g/mol. The van der Waals surface area contributed by atoms with Gasteiger partial charge < -0.3 is 5.11 Å². The summed E-state index contributed by atoms with van der Waals surface area (Å²) >= 11 is 0. The van der Waals surface area contributed by atoms with E-state index in [1.807, 2.05) is 0 Å². The third-order valence-corrected chi connectivity index (χ3v) is 4.73. The molecule has 2 aliphatic rings. The summed E-state index contributed by atoms with van der Waals surface area (Å²) in [4.78, 5) is 13.4. The molecule has 1 heterocycles. The SMILES string of the molecule is CC(C)C1CCC(N2CCCC2C(=O)O)CC1. The van der Waals surface area contributed by atoms with Crippen LogP contribution in [0.4, 0.5) is 0 Å². The number of hydrogen-bond acceptors (Lipinski definition) is 2. The molecule has 17 heavy (non-hydrogen) atoms. The lowest BCUT2D eigenvalue weighted by molar-refractivity contribution is -0.143. The van der Waals surface area contributed by atoms with Gasteiger partial charge in [-0.15, -0.1) is 0 Å². The Kier molecular flexibility index (Phi) is 4.08. The highest BCUT2D eigenvalue weighted by Gasteiger charge is 2.37. The fourth-order valence-corrected chi connectivity index (χ4v) is 3.59. The number of hydrogen-bond donors (Lipinski definition) is 1. The summed E-state index contributed by atoms with van der Waals surface area (Å²) in [5.74, 6) is 1.02. The van der Waals surface area contributed by atoms with Gasteiger partial charge in [-0.25, -0.2) is 0 Å². The molecule has 0 aromatic heterocycles. The van der Waals surface area contributed by atoms with Crippen molar-refractivity contribution in [3.63, 3.8) is 0 Å². The smallest absolute Gasteiger partial charge is 0.320 e. The summed E-state index contributed by atoms with van der Waals surface area (Å²) in [6, 6.07) is 0.337. The van der Waals surface area contributed by atoms with Gasteiger partial charge in [0.1, 0.15) is 6.04 Å². The molecule has 1 aliphatic carbocycles. The lowest BCUT2D eigenvalue weighted by atomic mass is 9.79. The van der Waals surface area contributed by atoms with E-state index in [9.17, 15) is 9.90 Å². The third-order valence-electron chi connectivity index (χ3n) is 4.73. The van der Waals surface area contributed by atoms with Gasteiger partial charge in [0, 0.05) is 6.04 Å². The van der Waals surface area contributed by atoms with Crippen molar-refractivity contribution < 1.29 is 9.90 Å². The Bertz CT molecular complexity index is 269. The molecule has 3 nitrogen and oxygen atoms in total. The van der Waals surface area contributed by atoms with Gasteiger partial charge >= 0.3 is 5.97 Å². The maximum atomic E-state index is 11.2. The van der Waals surface area contributed by atoms with Crippen molar-refractivity contribution in [1.29, 1.82) is 0 Å². The Morgan fingerprint density at radius 1 is 1.18 bits per heavy atom. The number of likely N-dealkylation sites (tertiary alicyclic amines) is 1. The van der Waals surface area contributed by atoms with E-state index in [0.29, 0.717) is 6.04 Å². The number of carboxylic acids is 1. The minimum atomic E-state index is -0.617. The first kappa shape index (κ1) is 12.9. The zero-order chi connectivity index (χ0) is 12.4. The molecule has 1 atom stereocenters. The topological polar surface area (TPSA) is 40.5 Å². The van der Waals surface area contributed by atoms with Gasteiger partial charge in [-0.2, -0.15) is 0 Å². The van der Waals surface area contributed by atoms with Crippen LogP contribution >= 0.6 is 0 Å². The number of rotatable bonds is 3. The van der Waals surface area contributed by atoms with Gasteiger partial charge in [0.25, 0.3) is 0 Å². The number of nitrogens with zero attached hydrogens (tertiary/aromatic N) is 1. The summed E-state index contributed by atoms with van der Waals surface area (Å²) in [5.41, 5.74) is 0. The Morgan fingerprint density at radius 2 is 1.82 bits per heavy atom. The Hall–Kier alpha value is -0.570. The largest absolute Gasteiger partial charge is 0.480 e. The van der Waals surface area contributed by atoms with Crippen molar-refractivity contribution >= 4 is 5.97 Å². The van der Waals surface area contributed by atoms with E-state index in [1.165, 1.54) is 25.7 Å². The first-order chi connectivity index (χ1) is 8.09. The summed E-state index contributed by atoms with van der Waals surface area (Å²) in [6.07, 6.45) is 6.87. The van der Waals surface area contributed by atoms with E-state index in [0.717, 1.165) is 31.2 Å². The van der Waals surface area contributed by atoms with Crippen LogP contribution in [-0.4, -0.2) is 34.6 Å². The second-order valence-corrected chi connectivity index (χ2v) is 6.05. The average molecular weight is 239 g/mol. The highest BCUT2D eigenvalue weighted by atomic mass is 16.4. The fraction of sp³-hybridized carbons (Fsp3) is 0.929. The summed E-state index contributed by atoms with van der Waals surface area (Å²) < 4.78 is 0. The second-order valence-electron chi connectivity index (χ2n) is 6.05. The zero-order valence-electron chi connectivity index (χ0n) is 11.1. The van der Waals surface area contributed by atoms with Crippen molar-refractivity contribution in [1.82, 2.24) is 4.90 Å². The molecule has 0 radical (unpaired) electrons.